The zero-order valence-corrected chi connectivity index (χ0v) is 13.1. The molecule has 0 spiro atoms. The Bertz CT molecular complexity index is 786. The first kappa shape index (κ1) is 15.0. The summed E-state index contributed by atoms with van der Waals surface area (Å²) in [6.45, 7) is 0.129. The van der Waals surface area contributed by atoms with Crippen LogP contribution in [-0.4, -0.2) is 22.5 Å². The summed E-state index contributed by atoms with van der Waals surface area (Å²) in [5.74, 6) is -0.326. The molecular formula is C16H13ClN2O2S. The highest BCUT2D eigenvalue weighted by molar-refractivity contribution is 7.19. The Balaban J connectivity index is 1.68. The molecule has 0 radical (unpaired) electrons. The van der Waals surface area contributed by atoms with Crippen molar-refractivity contribution in [3.8, 4) is 0 Å². The summed E-state index contributed by atoms with van der Waals surface area (Å²) in [7, 11) is 0. The van der Waals surface area contributed by atoms with E-state index in [-0.39, 0.29) is 17.5 Å². The number of benzene rings is 1. The van der Waals surface area contributed by atoms with E-state index in [2.05, 4.69) is 10.3 Å². The quantitative estimate of drug-likeness (QED) is 0.769. The largest absolute Gasteiger partial charge is 0.386 e. The van der Waals surface area contributed by atoms with Gasteiger partial charge in [0.05, 0.1) is 10.6 Å². The summed E-state index contributed by atoms with van der Waals surface area (Å²) in [6, 6.07) is 11.4. The maximum atomic E-state index is 12.0. The highest BCUT2D eigenvalue weighted by atomic mass is 35.5. The molecule has 22 heavy (non-hydrogen) atoms. The van der Waals surface area contributed by atoms with Crippen molar-refractivity contribution in [2.75, 3.05) is 6.54 Å². The molecule has 0 unspecified atom stereocenters. The van der Waals surface area contributed by atoms with Crippen molar-refractivity contribution in [3.63, 3.8) is 0 Å². The molecule has 0 aliphatic rings. The number of carbonyl (C=O) groups is 1. The maximum Gasteiger partial charge on any atom is 0.253 e. The SMILES string of the molecule is O=C(NC[C@H](O)c1cc2ccccc2s1)c1ccncc1Cl. The Labute approximate surface area is 136 Å². The van der Waals surface area contributed by atoms with Gasteiger partial charge in [-0.05, 0) is 23.6 Å². The van der Waals surface area contributed by atoms with Crippen molar-refractivity contribution >= 4 is 38.9 Å². The minimum Gasteiger partial charge on any atom is -0.386 e. The number of nitrogens with one attached hydrogen (secondary N) is 1. The van der Waals surface area contributed by atoms with Crippen molar-refractivity contribution in [2.45, 2.75) is 6.10 Å². The second-order valence-electron chi connectivity index (χ2n) is 4.77. The zero-order valence-electron chi connectivity index (χ0n) is 11.5. The fourth-order valence-electron chi connectivity index (χ4n) is 2.11. The van der Waals surface area contributed by atoms with Gasteiger partial charge < -0.3 is 10.4 Å². The van der Waals surface area contributed by atoms with Gasteiger partial charge in [-0.2, -0.15) is 0 Å². The molecule has 3 rings (SSSR count). The van der Waals surface area contributed by atoms with E-state index in [1.54, 1.807) is 6.07 Å². The summed E-state index contributed by atoms with van der Waals surface area (Å²) >= 11 is 7.44. The molecule has 2 N–H and O–H groups in total. The van der Waals surface area contributed by atoms with Crippen LogP contribution in [0.25, 0.3) is 10.1 Å². The standard InChI is InChI=1S/C16H13ClN2O2S/c17-12-8-18-6-5-11(12)16(21)19-9-13(20)15-7-10-3-1-2-4-14(10)22-15/h1-8,13,20H,9H2,(H,19,21)/t13-/m0/s1. The van der Waals surface area contributed by atoms with E-state index in [1.165, 1.54) is 23.7 Å². The number of fused-ring (bicyclic) bond motifs is 1. The first-order chi connectivity index (χ1) is 10.6. The van der Waals surface area contributed by atoms with E-state index >= 15 is 0 Å². The number of aliphatic hydroxyl groups is 1. The number of hydrogen-bond donors (Lipinski definition) is 2. The van der Waals surface area contributed by atoms with Crippen LogP contribution in [0.3, 0.4) is 0 Å². The normalized spacial score (nSPS) is 12.3. The molecule has 1 atom stereocenters. The summed E-state index contributed by atoms with van der Waals surface area (Å²) in [6.07, 6.45) is 2.17. The van der Waals surface area contributed by atoms with Gasteiger partial charge in [-0.1, -0.05) is 29.8 Å². The third-order valence-electron chi connectivity index (χ3n) is 3.25. The number of carbonyl (C=O) groups excluding carboxylic acids is 1. The Morgan fingerprint density at radius 2 is 2.18 bits per heavy atom. The number of aliphatic hydroxyl groups excluding tert-OH is 1. The van der Waals surface area contributed by atoms with Crippen LogP contribution < -0.4 is 5.32 Å². The van der Waals surface area contributed by atoms with E-state index < -0.39 is 6.10 Å². The van der Waals surface area contributed by atoms with Crippen LogP contribution in [0.4, 0.5) is 0 Å². The van der Waals surface area contributed by atoms with Crippen LogP contribution >= 0.6 is 22.9 Å². The van der Waals surface area contributed by atoms with Gasteiger partial charge in [0.25, 0.3) is 5.91 Å². The predicted molar refractivity (Wildman–Crippen MR) is 88.4 cm³/mol. The summed E-state index contributed by atoms with van der Waals surface area (Å²) in [4.78, 5) is 16.7. The fourth-order valence-corrected chi connectivity index (χ4v) is 3.37. The molecule has 2 heterocycles. The van der Waals surface area contributed by atoms with Crippen LogP contribution in [0.5, 0.6) is 0 Å². The summed E-state index contributed by atoms with van der Waals surface area (Å²) in [5.41, 5.74) is 0.347. The average Bonchev–Trinajstić information content (AvgIpc) is 2.97. The van der Waals surface area contributed by atoms with Crippen LogP contribution in [0.1, 0.15) is 21.3 Å². The van der Waals surface area contributed by atoms with E-state index in [4.69, 9.17) is 11.6 Å². The Hall–Kier alpha value is -1.95. The highest BCUT2D eigenvalue weighted by Gasteiger charge is 2.15. The van der Waals surface area contributed by atoms with Crippen LogP contribution in [-0.2, 0) is 0 Å². The molecule has 0 aliphatic carbocycles. The predicted octanol–water partition coefficient (Wildman–Crippen LogP) is 3.41. The van der Waals surface area contributed by atoms with Gasteiger partial charge in [-0.25, -0.2) is 0 Å². The van der Waals surface area contributed by atoms with Crippen molar-refractivity contribution in [1.29, 1.82) is 0 Å². The molecule has 112 valence electrons. The minimum atomic E-state index is -0.748. The number of halogens is 1. The first-order valence-corrected chi connectivity index (χ1v) is 7.89. The molecule has 1 amide bonds. The van der Waals surface area contributed by atoms with Gasteiger partial charge in [0.15, 0.2) is 0 Å². The average molecular weight is 333 g/mol. The van der Waals surface area contributed by atoms with Gasteiger partial charge in [0.1, 0.15) is 6.10 Å². The lowest BCUT2D eigenvalue weighted by atomic mass is 10.2. The number of nitrogens with zero attached hydrogens (tertiary/aromatic N) is 1. The van der Waals surface area contributed by atoms with E-state index in [0.29, 0.717) is 5.56 Å². The molecule has 4 nitrogen and oxygen atoms in total. The van der Waals surface area contributed by atoms with Crippen LogP contribution in [0.2, 0.25) is 5.02 Å². The Morgan fingerprint density at radius 1 is 1.36 bits per heavy atom. The molecule has 0 aliphatic heterocycles. The fraction of sp³-hybridized carbons (Fsp3) is 0.125. The van der Waals surface area contributed by atoms with Crippen LogP contribution in [0, 0.1) is 0 Å². The Morgan fingerprint density at radius 3 is 2.95 bits per heavy atom. The number of thiophene rings is 1. The molecule has 6 heteroatoms. The number of rotatable bonds is 4. The topological polar surface area (TPSA) is 62.2 Å². The van der Waals surface area contributed by atoms with Gasteiger partial charge in [0.2, 0.25) is 0 Å². The van der Waals surface area contributed by atoms with Gasteiger partial charge in [-0.3, -0.25) is 9.78 Å². The maximum absolute atomic E-state index is 12.0. The van der Waals surface area contributed by atoms with Gasteiger partial charge in [0, 0.05) is 28.5 Å². The minimum absolute atomic E-state index is 0.129. The lowest BCUT2D eigenvalue weighted by molar-refractivity contribution is 0.0918. The smallest absolute Gasteiger partial charge is 0.253 e. The zero-order chi connectivity index (χ0) is 15.5. The molecule has 3 aromatic rings. The van der Waals surface area contributed by atoms with Gasteiger partial charge >= 0.3 is 0 Å². The monoisotopic (exact) mass is 332 g/mol. The summed E-state index contributed by atoms with van der Waals surface area (Å²) in [5, 5.41) is 14.3. The summed E-state index contributed by atoms with van der Waals surface area (Å²) < 4.78 is 1.11. The molecular weight excluding hydrogens is 320 g/mol. The molecule has 0 saturated carbocycles. The van der Waals surface area contributed by atoms with Crippen molar-refractivity contribution in [1.82, 2.24) is 10.3 Å². The van der Waals surface area contributed by atoms with Crippen molar-refractivity contribution in [3.05, 3.63) is 64.3 Å². The van der Waals surface area contributed by atoms with E-state index in [9.17, 15) is 9.90 Å². The van der Waals surface area contributed by atoms with Crippen LogP contribution in [0.15, 0.2) is 48.8 Å². The Kier molecular flexibility index (Phi) is 4.38. The lowest BCUT2D eigenvalue weighted by Gasteiger charge is -2.10. The molecule has 0 bridgehead atoms. The van der Waals surface area contributed by atoms with Gasteiger partial charge in [-0.15, -0.1) is 11.3 Å². The molecule has 1 aromatic carbocycles. The number of hydrogen-bond acceptors (Lipinski definition) is 4. The number of aromatic nitrogens is 1. The van der Waals surface area contributed by atoms with Crippen molar-refractivity contribution in [2.24, 2.45) is 0 Å². The number of pyridine rings is 1. The molecule has 2 aromatic heterocycles. The lowest BCUT2D eigenvalue weighted by Crippen LogP contribution is -2.28. The van der Waals surface area contributed by atoms with E-state index in [0.717, 1.165) is 15.0 Å². The van der Waals surface area contributed by atoms with E-state index in [1.807, 2.05) is 30.3 Å². The molecule has 0 fully saturated rings. The second-order valence-corrected chi connectivity index (χ2v) is 6.29. The molecule has 0 saturated heterocycles. The highest BCUT2D eigenvalue weighted by Crippen LogP contribution is 2.29. The third kappa shape index (κ3) is 3.11. The third-order valence-corrected chi connectivity index (χ3v) is 4.76. The first-order valence-electron chi connectivity index (χ1n) is 6.69. The number of amides is 1. The second kappa shape index (κ2) is 6.44. The van der Waals surface area contributed by atoms with Crippen molar-refractivity contribution < 1.29 is 9.90 Å².